The second kappa shape index (κ2) is 8.39. The van der Waals surface area contributed by atoms with E-state index in [0.29, 0.717) is 16.9 Å². The minimum Gasteiger partial charge on any atom is -0.497 e. The number of hydrogen-bond acceptors (Lipinski definition) is 8. The molecule has 0 bridgehead atoms. The van der Waals surface area contributed by atoms with Crippen molar-refractivity contribution in [3.05, 3.63) is 59.3 Å². The standard InChI is InChI=1S/C21H17NO7/c1-12(23)27-18-9-4-14(11-19(18)28-13(2)24)10-17-21(25)29-20(22-17)15-5-7-16(26-3)8-6-15/h4-11H,1-3H3. The van der Waals surface area contributed by atoms with E-state index in [9.17, 15) is 14.4 Å². The first kappa shape index (κ1) is 19.8. The molecule has 1 heterocycles. The van der Waals surface area contributed by atoms with Gasteiger partial charge in [-0.3, -0.25) is 9.59 Å². The maximum atomic E-state index is 12.2. The quantitative estimate of drug-likeness (QED) is 0.436. The number of aliphatic imine (C=N–C) groups is 1. The number of rotatable bonds is 5. The molecule has 0 saturated carbocycles. The molecule has 0 N–H and O–H groups in total. The molecule has 0 aliphatic carbocycles. The van der Waals surface area contributed by atoms with Crippen molar-refractivity contribution in [2.24, 2.45) is 4.99 Å². The highest BCUT2D eigenvalue weighted by Gasteiger charge is 2.24. The summed E-state index contributed by atoms with van der Waals surface area (Å²) in [7, 11) is 1.56. The fraction of sp³-hybridized carbons (Fsp3) is 0.143. The SMILES string of the molecule is COc1ccc(C2=NC(=Cc3ccc(OC(C)=O)c(OC(C)=O)c3)C(=O)O2)cc1. The van der Waals surface area contributed by atoms with Crippen molar-refractivity contribution in [2.75, 3.05) is 7.11 Å². The second-order valence-corrected chi connectivity index (χ2v) is 5.96. The Bertz CT molecular complexity index is 1040. The van der Waals surface area contributed by atoms with Gasteiger partial charge >= 0.3 is 17.9 Å². The summed E-state index contributed by atoms with van der Waals surface area (Å²) in [6.45, 7) is 2.46. The summed E-state index contributed by atoms with van der Waals surface area (Å²) in [4.78, 5) is 38.9. The molecule has 0 atom stereocenters. The van der Waals surface area contributed by atoms with Crippen molar-refractivity contribution in [3.63, 3.8) is 0 Å². The van der Waals surface area contributed by atoms with Crippen molar-refractivity contribution < 1.29 is 33.3 Å². The van der Waals surface area contributed by atoms with Gasteiger partial charge in [0.25, 0.3) is 0 Å². The van der Waals surface area contributed by atoms with Gasteiger partial charge in [-0.1, -0.05) is 6.07 Å². The number of carbonyl (C=O) groups is 3. The number of esters is 3. The third kappa shape index (κ3) is 4.86. The maximum absolute atomic E-state index is 12.2. The number of nitrogens with zero attached hydrogens (tertiary/aromatic N) is 1. The summed E-state index contributed by atoms with van der Waals surface area (Å²) in [5.74, 6) is -0.783. The van der Waals surface area contributed by atoms with Crippen LogP contribution < -0.4 is 14.2 Å². The van der Waals surface area contributed by atoms with E-state index in [2.05, 4.69) is 4.99 Å². The molecule has 29 heavy (non-hydrogen) atoms. The predicted molar refractivity (Wildman–Crippen MR) is 103 cm³/mol. The topological polar surface area (TPSA) is 100 Å². The van der Waals surface area contributed by atoms with E-state index >= 15 is 0 Å². The van der Waals surface area contributed by atoms with Crippen molar-refractivity contribution in [1.29, 1.82) is 0 Å². The number of carbonyl (C=O) groups excluding carboxylic acids is 3. The van der Waals surface area contributed by atoms with Crippen LogP contribution in [0.1, 0.15) is 25.0 Å². The zero-order valence-electron chi connectivity index (χ0n) is 15.9. The smallest absolute Gasteiger partial charge is 0.363 e. The molecular weight excluding hydrogens is 378 g/mol. The Kier molecular flexibility index (Phi) is 5.73. The zero-order valence-corrected chi connectivity index (χ0v) is 15.9. The molecule has 0 saturated heterocycles. The summed E-state index contributed by atoms with van der Waals surface area (Å²) in [5, 5.41) is 0. The molecule has 1 aliphatic rings. The Hall–Kier alpha value is -3.94. The van der Waals surface area contributed by atoms with E-state index in [4.69, 9.17) is 18.9 Å². The molecule has 0 amide bonds. The molecule has 3 rings (SSSR count). The Labute approximate surface area is 166 Å². The highest BCUT2D eigenvalue weighted by atomic mass is 16.6. The molecule has 2 aromatic rings. The lowest BCUT2D eigenvalue weighted by Gasteiger charge is -2.09. The average molecular weight is 395 g/mol. The predicted octanol–water partition coefficient (Wildman–Crippen LogP) is 2.89. The van der Waals surface area contributed by atoms with Crippen LogP contribution in [0.25, 0.3) is 6.08 Å². The van der Waals surface area contributed by atoms with Gasteiger partial charge in [0, 0.05) is 19.4 Å². The number of methoxy groups -OCH3 is 1. The van der Waals surface area contributed by atoms with E-state index in [1.165, 1.54) is 32.1 Å². The third-order valence-corrected chi connectivity index (χ3v) is 3.74. The van der Waals surface area contributed by atoms with Gasteiger partial charge in [0.2, 0.25) is 5.90 Å². The van der Waals surface area contributed by atoms with Crippen molar-refractivity contribution in [3.8, 4) is 17.2 Å². The van der Waals surface area contributed by atoms with Gasteiger partial charge in [0.1, 0.15) is 5.75 Å². The highest BCUT2D eigenvalue weighted by molar-refractivity contribution is 6.12. The molecule has 0 fully saturated rings. The van der Waals surface area contributed by atoms with Gasteiger partial charge in [-0.25, -0.2) is 9.79 Å². The molecule has 1 aliphatic heterocycles. The molecule has 0 aromatic heterocycles. The van der Waals surface area contributed by atoms with Gasteiger partial charge in [-0.2, -0.15) is 0 Å². The lowest BCUT2D eigenvalue weighted by molar-refractivity contribution is -0.134. The van der Waals surface area contributed by atoms with E-state index in [1.54, 1.807) is 37.4 Å². The van der Waals surface area contributed by atoms with E-state index < -0.39 is 17.9 Å². The number of ether oxygens (including phenoxy) is 4. The maximum Gasteiger partial charge on any atom is 0.363 e. The lowest BCUT2D eigenvalue weighted by atomic mass is 10.1. The molecule has 8 nitrogen and oxygen atoms in total. The fourth-order valence-electron chi connectivity index (χ4n) is 2.51. The summed E-state index contributed by atoms with van der Waals surface area (Å²) in [6.07, 6.45) is 1.48. The van der Waals surface area contributed by atoms with Crippen LogP contribution in [-0.4, -0.2) is 30.9 Å². The Morgan fingerprint density at radius 2 is 1.62 bits per heavy atom. The normalized spacial score (nSPS) is 14.2. The largest absolute Gasteiger partial charge is 0.497 e. The van der Waals surface area contributed by atoms with Gasteiger partial charge in [-0.05, 0) is 48.0 Å². The van der Waals surface area contributed by atoms with Crippen LogP contribution in [0, 0.1) is 0 Å². The Morgan fingerprint density at radius 1 is 0.966 bits per heavy atom. The first-order chi connectivity index (χ1) is 13.9. The van der Waals surface area contributed by atoms with Crippen molar-refractivity contribution >= 4 is 29.9 Å². The minimum atomic E-state index is -0.617. The zero-order chi connectivity index (χ0) is 21.0. The molecular formula is C21H17NO7. The Morgan fingerprint density at radius 3 is 2.24 bits per heavy atom. The van der Waals surface area contributed by atoms with Gasteiger partial charge in [0.05, 0.1) is 7.11 Å². The van der Waals surface area contributed by atoms with Gasteiger partial charge in [-0.15, -0.1) is 0 Å². The Balaban J connectivity index is 1.91. The fourth-order valence-corrected chi connectivity index (χ4v) is 2.51. The van der Waals surface area contributed by atoms with Crippen LogP contribution in [0.2, 0.25) is 0 Å². The summed E-state index contributed by atoms with van der Waals surface area (Å²) in [5.41, 5.74) is 1.20. The summed E-state index contributed by atoms with van der Waals surface area (Å²) >= 11 is 0. The second-order valence-electron chi connectivity index (χ2n) is 5.96. The van der Waals surface area contributed by atoms with E-state index in [1.807, 2.05) is 0 Å². The summed E-state index contributed by atoms with van der Waals surface area (Å²) in [6, 6.07) is 11.4. The van der Waals surface area contributed by atoms with Crippen LogP contribution in [0.4, 0.5) is 0 Å². The van der Waals surface area contributed by atoms with Crippen molar-refractivity contribution in [2.45, 2.75) is 13.8 Å². The van der Waals surface area contributed by atoms with Crippen LogP contribution in [0.3, 0.4) is 0 Å². The lowest BCUT2D eigenvalue weighted by Crippen LogP contribution is -2.07. The number of benzene rings is 2. The first-order valence-corrected chi connectivity index (χ1v) is 8.53. The van der Waals surface area contributed by atoms with Gasteiger partial charge in [0.15, 0.2) is 17.2 Å². The molecule has 0 unspecified atom stereocenters. The highest BCUT2D eigenvalue weighted by Crippen LogP contribution is 2.30. The van der Waals surface area contributed by atoms with E-state index in [0.717, 1.165) is 0 Å². The summed E-state index contributed by atoms with van der Waals surface area (Å²) < 4.78 is 20.4. The van der Waals surface area contributed by atoms with Crippen LogP contribution in [0.5, 0.6) is 17.2 Å². The number of hydrogen-bond donors (Lipinski definition) is 0. The van der Waals surface area contributed by atoms with Gasteiger partial charge < -0.3 is 18.9 Å². The van der Waals surface area contributed by atoms with E-state index in [-0.39, 0.29) is 23.1 Å². The molecule has 2 aromatic carbocycles. The third-order valence-electron chi connectivity index (χ3n) is 3.74. The molecule has 0 radical (unpaired) electrons. The molecule has 148 valence electrons. The molecule has 0 spiro atoms. The first-order valence-electron chi connectivity index (χ1n) is 8.53. The minimum absolute atomic E-state index is 0.0489. The van der Waals surface area contributed by atoms with Crippen LogP contribution >= 0.6 is 0 Å². The number of cyclic esters (lactones) is 1. The molecule has 8 heteroatoms. The average Bonchev–Trinajstić information content (AvgIpc) is 3.03. The monoisotopic (exact) mass is 395 g/mol. The van der Waals surface area contributed by atoms with Crippen molar-refractivity contribution in [1.82, 2.24) is 0 Å². The van der Waals surface area contributed by atoms with Crippen LogP contribution in [-0.2, 0) is 19.1 Å². The van der Waals surface area contributed by atoms with Crippen LogP contribution in [0.15, 0.2) is 53.2 Å².